The number of hydrogen-bond donors (Lipinski definition) is 1. The average molecular weight is 354 g/mol. The molecule has 1 aromatic heterocycles. The summed E-state index contributed by atoms with van der Waals surface area (Å²) in [5.74, 6) is 0. The summed E-state index contributed by atoms with van der Waals surface area (Å²) in [5.41, 5.74) is 0. The van der Waals surface area contributed by atoms with Crippen molar-refractivity contribution in [2.45, 2.75) is 104 Å². The standard InChI is InChI=1S/C21H41N2O2/c1-3-5-6-7-8-9-10-11-12-13-17-25-19-21(24)18-23-16-15-22(20-23)14-4-2/h15-16,20-21,24H,3-14,17-19H2,1-2H3/q+1. The summed E-state index contributed by atoms with van der Waals surface area (Å²) in [6, 6.07) is 0. The number of nitrogens with zero attached hydrogens (tertiary/aromatic N) is 2. The first-order valence-corrected chi connectivity index (χ1v) is 10.6. The molecular formula is C21H41N2O2+. The molecule has 0 amide bonds. The van der Waals surface area contributed by atoms with Crippen molar-refractivity contribution < 1.29 is 14.4 Å². The Morgan fingerprint density at radius 1 is 0.920 bits per heavy atom. The smallest absolute Gasteiger partial charge is 0.243 e. The highest BCUT2D eigenvalue weighted by Gasteiger charge is 2.10. The summed E-state index contributed by atoms with van der Waals surface area (Å²) in [4.78, 5) is 0. The van der Waals surface area contributed by atoms with Crippen LogP contribution >= 0.6 is 0 Å². The lowest BCUT2D eigenvalue weighted by atomic mass is 10.1. The van der Waals surface area contributed by atoms with Gasteiger partial charge in [0, 0.05) is 6.61 Å². The van der Waals surface area contributed by atoms with Crippen LogP contribution in [0.15, 0.2) is 18.7 Å². The van der Waals surface area contributed by atoms with Crippen molar-refractivity contribution in [1.29, 1.82) is 0 Å². The van der Waals surface area contributed by atoms with E-state index in [0.717, 1.165) is 26.0 Å². The van der Waals surface area contributed by atoms with E-state index in [2.05, 4.69) is 30.9 Å². The summed E-state index contributed by atoms with van der Waals surface area (Å²) in [6.07, 6.45) is 20.2. The topological polar surface area (TPSA) is 38.3 Å². The van der Waals surface area contributed by atoms with Gasteiger partial charge in [0.2, 0.25) is 6.33 Å². The summed E-state index contributed by atoms with van der Waals surface area (Å²) < 4.78 is 9.81. The van der Waals surface area contributed by atoms with Gasteiger partial charge in [0.1, 0.15) is 25.0 Å². The molecule has 0 saturated heterocycles. The molecule has 4 heteroatoms. The Morgan fingerprint density at radius 2 is 1.56 bits per heavy atom. The Kier molecular flexibility index (Phi) is 13.6. The SMILES string of the molecule is CCCCCCCCCCCCOCC(O)C[n+]1ccn(CCC)c1. The number of hydrogen-bond acceptors (Lipinski definition) is 2. The van der Waals surface area contributed by atoms with E-state index in [1.54, 1.807) is 0 Å². The van der Waals surface area contributed by atoms with Crippen LogP contribution in [-0.2, 0) is 17.8 Å². The molecule has 0 aliphatic carbocycles. The molecule has 0 saturated carbocycles. The van der Waals surface area contributed by atoms with Gasteiger partial charge in [0.05, 0.1) is 13.2 Å². The third-order valence-corrected chi connectivity index (χ3v) is 4.60. The monoisotopic (exact) mass is 353 g/mol. The van der Waals surface area contributed by atoms with E-state index in [9.17, 15) is 5.11 Å². The molecule has 0 aliphatic rings. The van der Waals surface area contributed by atoms with E-state index in [1.807, 2.05) is 10.8 Å². The fraction of sp³-hybridized carbons (Fsp3) is 0.857. The number of aromatic nitrogens is 2. The molecule has 1 N–H and O–H groups in total. The Labute approximate surface area is 155 Å². The Morgan fingerprint density at radius 3 is 2.20 bits per heavy atom. The molecule has 0 aliphatic heterocycles. The minimum Gasteiger partial charge on any atom is -0.387 e. The number of aliphatic hydroxyl groups excluding tert-OH is 1. The molecule has 25 heavy (non-hydrogen) atoms. The number of imidazole rings is 1. The van der Waals surface area contributed by atoms with Gasteiger partial charge in [0.15, 0.2) is 0 Å². The molecule has 4 nitrogen and oxygen atoms in total. The number of rotatable bonds is 17. The summed E-state index contributed by atoms with van der Waals surface area (Å²) >= 11 is 0. The van der Waals surface area contributed by atoms with Crippen LogP contribution in [0.4, 0.5) is 0 Å². The minimum absolute atomic E-state index is 0.425. The van der Waals surface area contributed by atoms with Gasteiger partial charge in [-0.05, 0) is 12.8 Å². The number of aliphatic hydroxyl groups is 1. The zero-order valence-corrected chi connectivity index (χ0v) is 16.7. The first kappa shape index (κ1) is 22.2. The molecule has 146 valence electrons. The highest BCUT2D eigenvalue weighted by molar-refractivity contribution is 4.66. The molecule has 1 rings (SSSR count). The third-order valence-electron chi connectivity index (χ3n) is 4.60. The summed E-state index contributed by atoms with van der Waals surface area (Å²) in [6.45, 7) is 7.27. The van der Waals surface area contributed by atoms with Crippen LogP contribution in [0.1, 0.15) is 84.5 Å². The third kappa shape index (κ3) is 12.2. The summed E-state index contributed by atoms with van der Waals surface area (Å²) in [5, 5.41) is 10.0. The van der Waals surface area contributed by atoms with Crippen molar-refractivity contribution in [3.63, 3.8) is 0 Å². The molecule has 1 atom stereocenters. The van der Waals surface area contributed by atoms with Crippen LogP contribution in [0.2, 0.25) is 0 Å². The summed E-state index contributed by atoms with van der Waals surface area (Å²) in [7, 11) is 0. The molecule has 1 heterocycles. The number of aryl methyl sites for hydroxylation is 1. The van der Waals surface area contributed by atoms with E-state index >= 15 is 0 Å². The minimum atomic E-state index is -0.425. The number of ether oxygens (including phenoxy) is 1. The maximum absolute atomic E-state index is 10.0. The Balaban J connectivity index is 1.88. The maximum Gasteiger partial charge on any atom is 0.243 e. The highest BCUT2D eigenvalue weighted by Crippen LogP contribution is 2.10. The zero-order chi connectivity index (χ0) is 18.2. The van der Waals surface area contributed by atoms with Gasteiger partial charge in [-0.25, -0.2) is 9.13 Å². The molecular weight excluding hydrogens is 312 g/mol. The quantitative estimate of drug-likeness (QED) is 0.331. The van der Waals surface area contributed by atoms with Crippen LogP contribution in [0.3, 0.4) is 0 Å². The lowest BCUT2D eigenvalue weighted by Gasteiger charge is -2.09. The van der Waals surface area contributed by atoms with E-state index in [-0.39, 0.29) is 0 Å². The second kappa shape index (κ2) is 15.4. The van der Waals surface area contributed by atoms with Crippen LogP contribution in [0.5, 0.6) is 0 Å². The van der Waals surface area contributed by atoms with Gasteiger partial charge >= 0.3 is 0 Å². The van der Waals surface area contributed by atoms with Crippen molar-refractivity contribution in [2.75, 3.05) is 13.2 Å². The highest BCUT2D eigenvalue weighted by atomic mass is 16.5. The van der Waals surface area contributed by atoms with E-state index < -0.39 is 6.10 Å². The van der Waals surface area contributed by atoms with E-state index in [4.69, 9.17) is 4.74 Å². The molecule has 1 unspecified atom stereocenters. The van der Waals surface area contributed by atoms with Crippen molar-refractivity contribution in [1.82, 2.24) is 4.57 Å². The van der Waals surface area contributed by atoms with Gasteiger partial charge in [-0.3, -0.25) is 0 Å². The maximum atomic E-state index is 10.0. The van der Waals surface area contributed by atoms with Crippen molar-refractivity contribution in [2.24, 2.45) is 0 Å². The van der Waals surface area contributed by atoms with Gasteiger partial charge in [-0.2, -0.15) is 0 Å². The lowest BCUT2D eigenvalue weighted by Crippen LogP contribution is -2.40. The van der Waals surface area contributed by atoms with Gasteiger partial charge < -0.3 is 9.84 Å². The lowest BCUT2D eigenvalue weighted by molar-refractivity contribution is -0.703. The van der Waals surface area contributed by atoms with E-state index in [1.165, 1.54) is 57.8 Å². The van der Waals surface area contributed by atoms with Crippen molar-refractivity contribution >= 4 is 0 Å². The first-order chi connectivity index (χ1) is 12.3. The fourth-order valence-electron chi connectivity index (χ4n) is 3.14. The molecule has 0 radical (unpaired) electrons. The average Bonchev–Trinajstić information content (AvgIpc) is 3.03. The van der Waals surface area contributed by atoms with Gasteiger partial charge in [-0.1, -0.05) is 71.6 Å². The second-order valence-electron chi connectivity index (χ2n) is 7.26. The predicted octanol–water partition coefficient (Wildman–Crippen LogP) is 4.48. The largest absolute Gasteiger partial charge is 0.387 e. The van der Waals surface area contributed by atoms with Crippen LogP contribution in [-0.4, -0.2) is 29.0 Å². The van der Waals surface area contributed by atoms with Crippen molar-refractivity contribution in [3.8, 4) is 0 Å². The molecule has 0 spiro atoms. The fourth-order valence-corrected chi connectivity index (χ4v) is 3.14. The van der Waals surface area contributed by atoms with Crippen LogP contribution in [0, 0.1) is 0 Å². The molecule has 0 aromatic carbocycles. The number of unbranched alkanes of at least 4 members (excludes halogenated alkanes) is 9. The normalized spacial score (nSPS) is 12.6. The molecule has 0 bridgehead atoms. The van der Waals surface area contributed by atoms with E-state index in [0.29, 0.717) is 13.2 Å². The van der Waals surface area contributed by atoms with Crippen LogP contribution in [0.25, 0.3) is 0 Å². The van der Waals surface area contributed by atoms with Gasteiger partial charge in [0.25, 0.3) is 0 Å². The molecule has 1 aromatic rings. The Bertz CT molecular complexity index is 406. The first-order valence-electron chi connectivity index (χ1n) is 10.6. The Hall–Kier alpha value is -0.870. The van der Waals surface area contributed by atoms with Crippen LogP contribution < -0.4 is 4.57 Å². The second-order valence-corrected chi connectivity index (χ2v) is 7.26. The molecule has 0 fully saturated rings. The zero-order valence-electron chi connectivity index (χ0n) is 16.7. The predicted molar refractivity (Wildman–Crippen MR) is 104 cm³/mol. The van der Waals surface area contributed by atoms with Crippen molar-refractivity contribution in [3.05, 3.63) is 18.7 Å². The van der Waals surface area contributed by atoms with Gasteiger partial charge in [-0.15, -0.1) is 0 Å².